The first-order valence-corrected chi connectivity index (χ1v) is 8.89. The highest BCUT2D eigenvalue weighted by Crippen LogP contribution is 2.39. The van der Waals surface area contributed by atoms with E-state index in [9.17, 15) is 0 Å². The summed E-state index contributed by atoms with van der Waals surface area (Å²) in [7, 11) is 0. The van der Waals surface area contributed by atoms with Crippen molar-refractivity contribution < 1.29 is 0 Å². The average molecular weight is 305 g/mol. The fraction of sp³-hybridized carbons (Fsp3) is 1.00. The zero-order chi connectivity index (χ0) is 10.6. The van der Waals surface area contributed by atoms with Gasteiger partial charge in [0.1, 0.15) is 0 Å². The van der Waals surface area contributed by atoms with Crippen LogP contribution in [0.4, 0.5) is 0 Å². The Morgan fingerprint density at radius 2 is 1.29 bits per heavy atom. The molecule has 0 bridgehead atoms. The third kappa shape index (κ3) is 4.17. The summed E-state index contributed by atoms with van der Waals surface area (Å²) in [5.74, 6) is 0. The molecule has 1 aliphatic rings. The molecule has 0 radical (unpaired) electrons. The molecule has 0 aromatic rings. The van der Waals surface area contributed by atoms with Crippen LogP contribution in [0.3, 0.4) is 0 Å². The summed E-state index contributed by atoms with van der Waals surface area (Å²) in [6.07, 6.45) is 2.29. The molecule has 0 saturated heterocycles. The van der Waals surface area contributed by atoms with E-state index in [2.05, 4.69) is 50.5 Å². The normalized spacial score (nSPS) is 38.6. The minimum Gasteiger partial charge on any atom is -0.175 e. The van der Waals surface area contributed by atoms with E-state index in [0.29, 0.717) is 21.0 Å². The van der Waals surface area contributed by atoms with E-state index >= 15 is 0 Å². The van der Waals surface area contributed by atoms with Crippen LogP contribution >= 0.6 is 74.0 Å². The first kappa shape index (κ1) is 14.2. The smallest absolute Gasteiger partial charge is 0.0365 e. The van der Waals surface area contributed by atoms with Crippen LogP contribution in [-0.2, 0) is 0 Å². The predicted molar refractivity (Wildman–Crippen MR) is 85.2 cm³/mol. The third-order valence-corrected chi connectivity index (χ3v) is 7.02. The minimum absolute atomic E-state index is 0.478. The van der Waals surface area contributed by atoms with Gasteiger partial charge in [-0.1, -0.05) is 0 Å². The molecule has 4 atom stereocenters. The number of hydrogen-bond donors (Lipinski definition) is 4. The van der Waals surface area contributed by atoms with Crippen molar-refractivity contribution in [2.24, 2.45) is 0 Å². The Balaban J connectivity index is 2.47. The summed E-state index contributed by atoms with van der Waals surface area (Å²) in [5, 5.41) is 4.00. The van der Waals surface area contributed by atoms with Gasteiger partial charge in [0, 0.05) is 31.2 Å². The van der Waals surface area contributed by atoms with Gasteiger partial charge >= 0.3 is 0 Å². The Bertz CT molecular complexity index is 148. The molecule has 0 aliphatic heterocycles. The Hall–Kier alpha value is 2.10. The third-order valence-electron chi connectivity index (χ3n) is 2.38. The van der Waals surface area contributed by atoms with E-state index in [0.717, 1.165) is 16.6 Å². The fourth-order valence-electron chi connectivity index (χ4n) is 1.64. The van der Waals surface area contributed by atoms with Crippen molar-refractivity contribution in [3.8, 4) is 0 Å². The van der Waals surface area contributed by atoms with E-state index in [1.807, 2.05) is 23.5 Å². The molecule has 6 heteroatoms. The molecule has 0 amide bonds. The van der Waals surface area contributed by atoms with E-state index in [4.69, 9.17) is 0 Å². The molecule has 1 saturated carbocycles. The van der Waals surface area contributed by atoms with Crippen LogP contribution in [-0.4, -0.2) is 31.2 Å². The maximum absolute atomic E-state index is 4.63. The largest absolute Gasteiger partial charge is 0.175 e. The van der Waals surface area contributed by atoms with Crippen molar-refractivity contribution in [3.05, 3.63) is 0 Å². The number of rotatable bonds is 4. The number of thiol groups is 4. The van der Waals surface area contributed by atoms with Crippen LogP contribution in [0.1, 0.15) is 12.8 Å². The first-order chi connectivity index (χ1) is 6.69. The molecule has 14 heavy (non-hydrogen) atoms. The quantitative estimate of drug-likeness (QED) is 0.464. The lowest BCUT2D eigenvalue weighted by Gasteiger charge is -2.36. The highest BCUT2D eigenvalue weighted by Gasteiger charge is 2.33. The van der Waals surface area contributed by atoms with Gasteiger partial charge in [-0.05, 0) is 12.8 Å². The molecule has 4 unspecified atom stereocenters. The van der Waals surface area contributed by atoms with Gasteiger partial charge in [-0.3, -0.25) is 0 Å². The van der Waals surface area contributed by atoms with E-state index in [1.54, 1.807) is 0 Å². The summed E-state index contributed by atoms with van der Waals surface area (Å²) >= 11 is 21.6. The molecule has 0 N–H and O–H groups in total. The van der Waals surface area contributed by atoms with Gasteiger partial charge in [0.25, 0.3) is 0 Å². The Labute approximate surface area is 117 Å². The second kappa shape index (κ2) is 7.43. The molecule has 0 spiro atoms. The molecule has 0 heterocycles. The van der Waals surface area contributed by atoms with Crippen molar-refractivity contribution in [2.45, 2.75) is 33.8 Å². The van der Waals surface area contributed by atoms with E-state index in [-0.39, 0.29) is 0 Å². The van der Waals surface area contributed by atoms with Gasteiger partial charge in [-0.25, -0.2) is 0 Å². The van der Waals surface area contributed by atoms with Crippen LogP contribution in [0.25, 0.3) is 0 Å². The zero-order valence-corrected chi connectivity index (χ0v) is 13.0. The Morgan fingerprint density at radius 1 is 0.857 bits per heavy atom. The monoisotopic (exact) mass is 304 g/mol. The molecule has 0 aromatic heterocycles. The molecule has 1 fully saturated rings. The van der Waals surface area contributed by atoms with Crippen LogP contribution in [0.15, 0.2) is 0 Å². The number of thioether (sulfide) groups is 2. The lowest BCUT2D eigenvalue weighted by Crippen LogP contribution is -2.37. The van der Waals surface area contributed by atoms with Gasteiger partial charge < -0.3 is 0 Å². The summed E-state index contributed by atoms with van der Waals surface area (Å²) in [5.41, 5.74) is 0. The standard InChI is InChI=1S/C8H16S6/c9-3-13-7-2-8(14-4-10)6(12)1-5(7)11/h5-12H,1-4H2. The molecule has 0 nitrogen and oxygen atoms in total. The topological polar surface area (TPSA) is 0 Å². The first-order valence-electron chi connectivity index (χ1n) is 4.50. The lowest BCUT2D eigenvalue weighted by molar-refractivity contribution is 0.557. The van der Waals surface area contributed by atoms with Crippen LogP contribution in [0, 0.1) is 0 Å². The zero-order valence-electron chi connectivity index (χ0n) is 7.74. The van der Waals surface area contributed by atoms with Gasteiger partial charge in [0.2, 0.25) is 0 Å². The van der Waals surface area contributed by atoms with Crippen molar-refractivity contribution in [1.29, 1.82) is 0 Å². The highest BCUT2D eigenvalue weighted by atomic mass is 32.2. The molecule has 1 aliphatic carbocycles. The summed E-state index contributed by atoms with van der Waals surface area (Å²) < 4.78 is 0. The average Bonchev–Trinajstić information content (AvgIpc) is 2.14. The van der Waals surface area contributed by atoms with Gasteiger partial charge in [0.15, 0.2) is 0 Å². The SMILES string of the molecule is SCSC1CC(SCS)C(S)CC1S. The molecular formula is C8H16S6. The van der Waals surface area contributed by atoms with Crippen LogP contribution in [0.5, 0.6) is 0 Å². The van der Waals surface area contributed by atoms with Gasteiger partial charge in [-0.15, -0.1) is 23.5 Å². The van der Waals surface area contributed by atoms with Gasteiger partial charge in [0.05, 0.1) is 0 Å². The second-order valence-electron chi connectivity index (χ2n) is 3.27. The van der Waals surface area contributed by atoms with Crippen molar-refractivity contribution in [1.82, 2.24) is 0 Å². The Morgan fingerprint density at radius 3 is 1.64 bits per heavy atom. The maximum atomic E-state index is 4.63. The lowest BCUT2D eigenvalue weighted by atomic mass is 9.98. The van der Waals surface area contributed by atoms with E-state index < -0.39 is 0 Å². The highest BCUT2D eigenvalue weighted by molar-refractivity contribution is 8.11. The molecule has 0 aromatic carbocycles. The van der Waals surface area contributed by atoms with Crippen molar-refractivity contribution in [2.75, 3.05) is 10.2 Å². The summed E-state index contributed by atoms with van der Waals surface area (Å²) in [4.78, 5) is 0. The van der Waals surface area contributed by atoms with E-state index in [1.165, 1.54) is 6.42 Å². The number of hydrogen-bond acceptors (Lipinski definition) is 6. The molecular weight excluding hydrogens is 288 g/mol. The molecule has 84 valence electrons. The fourth-order valence-corrected chi connectivity index (χ4v) is 6.03. The summed E-state index contributed by atoms with van der Waals surface area (Å²) in [6.45, 7) is 0. The van der Waals surface area contributed by atoms with Gasteiger partial charge in [-0.2, -0.15) is 50.5 Å². The predicted octanol–water partition coefficient (Wildman–Crippen LogP) is 3.36. The van der Waals surface area contributed by atoms with Crippen molar-refractivity contribution in [3.63, 3.8) is 0 Å². The minimum atomic E-state index is 0.478. The molecule has 1 rings (SSSR count). The van der Waals surface area contributed by atoms with Crippen LogP contribution < -0.4 is 0 Å². The van der Waals surface area contributed by atoms with Crippen LogP contribution in [0.2, 0.25) is 0 Å². The van der Waals surface area contributed by atoms with Crippen molar-refractivity contribution >= 4 is 74.0 Å². The second-order valence-corrected chi connectivity index (χ2v) is 8.54. The Kier molecular flexibility index (Phi) is 7.52. The maximum Gasteiger partial charge on any atom is 0.0365 e. The summed E-state index contributed by atoms with van der Waals surface area (Å²) in [6, 6.07) is 0.